The first-order valence-electron chi connectivity index (χ1n) is 5.26. The summed E-state index contributed by atoms with van der Waals surface area (Å²) < 4.78 is 0. The van der Waals surface area contributed by atoms with Crippen molar-refractivity contribution in [2.45, 2.75) is 32.7 Å². The second-order valence-corrected chi connectivity index (χ2v) is 4.49. The molecule has 0 saturated heterocycles. The van der Waals surface area contributed by atoms with Gasteiger partial charge in [0.05, 0.1) is 6.42 Å². The molecule has 0 rings (SSSR count). The molecule has 0 atom stereocenters. The maximum absolute atomic E-state index is 11.7. The predicted molar refractivity (Wildman–Crippen MR) is 61.2 cm³/mol. The van der Waals surface area contributed by atoms with Crippen LogP contribution in [0.3, 0.4) is 0 Å². The van der Waals surface area contributed by atoms with E-state index in [4.69, 9.17) is 10.8 Å². The van der Waals surface area contributed by atoms with Crippen LogP contribution in [0.2, 0.25) is 0 Å². The summed E-state index contributed by atoms with van der Waals surface area (Å²) in [5.74, 6) is -0.916. The molecule has 0 aliphatic heterocycles. The van der Waals surface area contributed by atoms with Crippen molar-refractivity contribution in [2.75, 3.05) is 19.6 Å². The summed E-state index contributed by atoms with van der Waals surface area (Å²) >= 11 is 0. The van der Waals surface area contributed by atoms with Crippen molar-refractivity contribution < 1.29 is 14.7 Å². The van der Waals surface area contributed by atoms with Crippen molar-refractivity contribution in [1.82, 2.24) is 10.2 Å². The van der Waals surface area contributed by atoms with Crippen molar-refractivity contribution in [3.8, 4) is 0 Å². The fraction of sp³-hybridized carbons (Fsp3) is 0.800. The minimum Gasteiger partial charge on any atom is -0.481 e. The lowest BCUT2D eigenvalue weighted by atomic mass is 10.1. The molecule has 6 nitrogen and oxygen atoms in total. The average molecular weight is 231 g/mol. The minimum atomic E-state index is -0.916. The summed E-state index contributed by atoms with van der Waals surface area (Å²) in [7, 11) is 0. The lowest BCUT2D eigenvalue weighted by Gasteiger charge is -2.35. The Bertz CT molecular complexity index is 248. The quantitative estimate of drug-likeness (QED) is 0.631. The molecule has 0 heterocycles. The Kier molecular flexibility index (Phi) is 5.81. The number of carbonyl (C=O) groups is 2. The standard InChI is InChI=1S/C10H21N3O3/c1-10(2,3)13(7-4-8(14)15)9(16)12-6-5-11/h4-7,11H2,1-3H3,(H,12,16)(H,14,15). The zero-order chi connectivity index (χ0) is 12.8. The highest BCUT2D eigenvalue weighted by atomic mass is 16.4. The number of urea groups is 1. The molecule has 0 aromatic rings. The van der Waals surface area contributed by atoms with Gasteiger partial charge in [0.1, 0.15) is 0 Å². The van der Waals surface area contributed by atoms with E-state index in [1.54, 1.807) is 0 Å². The molecule has 94 valence electrons. The van der Waals surface area contributed by atoms with Crippen LogP contribution in [0.15, 0.2) is 0 Å². The van der Waals surface area contributed by atoms with E-state index in [1.807, 2.05) is 20.8 Å². The maximum atomic E-state index is 11.7. The van der Waals surface area contributed by atoms with Crippen LogP contribution in [0.5, 0.6) is 0 Å². The SMILES string of the molecule is CC(C)(C)N(CCC(=O)O)C(=O)NCCN. The number of amides is 2. The van der Waals surface area contributed by atoms with E-state index in [1.165, 1.54) is 4.90 Å². The van der Waals surface area contributed by atoms with E-state index >= 15 is 0 Å². The normalized spacial score (nSPS) is 11.0. The van der Waals surface area contributed by atoms with Crippen LogP contribution in [0.25, 0.3) is 0 Å². The summed E-state index contributed by atoms with van der Waals surface area (Å²) in [5.41, 5.74) is 4.87. The number of carboxylic acids is 1. The van der Waals surface area contributed by atoms with Gasteiger partial charge in [-0.2, -0.15) is 0 Å². The summed E-state index contributed by atoms with van der Waals surface area (Å²) in [4.78, 5) is 23.7. The maximum Gasteiger partial charge on any atom is 0.317 e. The number of rotatable bonds is 5. The Balaban J connectivity index is 4.42. The molecule has 0 fully saturated rings. The van der Waals surface area contributed by atoms with Crippen LogP contribution in [0, 0.1) is 0 Å². The number of carbonyl (C=O) groups excluding carboxylic acids is 1. The largest absolute Gasteiger partial charge is 0.481 e. The highest BCUT2D eigenvalue weighted by Crippen LogP contribution is 2.13. The molecule has 0 aliphatic carbocycles. The Labute approximate surface area is 95.8 Å². The van der Waals surface area contributed by atoms with Crippen molar-refractivity contribution in [3.63, 3.8) is 0 Å². The molecule has 0 aromatic heterocycles. The first-order chi connectivity index (χ1) is 7.29. The molecule has 4 N–H and O–H groups in total. The fourth-order valence-corrected chi connectivity index (χ4v) is 1.22. The van der Waals surface area contributed by atoms with Gasteiger partial charge >= 0.3 is 12.0 Å². The molecule has 0 aromatic carbocycles. The third kappa shape index (κ3) is 5.55. The molecule has 2 amide bonds. The monoisotopic (exact) mass is 231 g/mol. The summed E-state index contributed by atoms with van der Waals surface area (Å²) in [6, 6.07) is -0.279. The van der Waals surface area contributed by atoms with Crippen LogP contribution < -0.4 is 11.1 Å². The Morgan fingerprint density at radius 1 is 1.38 bits per heavy atom. The van der Waals surface area contributed by atoms with Gasteiger partial charge in [-0.15, -0.1) is 0 Å². The lowest BCUT2D eigenvalue weighted by molar-refractivity contribution is -0.137. The van der Waals surface area contributed by atoms with Crippen molar-refractivity contribution in [2.24, 2.45) is 5.73 Å². The number of nitrogens with zero attached hydrogens (tertiary/aromatic N) is 1. The zero-order valence-corrected chi connectivity index (χ0v) is 10.1. The van der Waals surface area contributed by atoms with Crippen LogP contribution in [-0.2, 0) is 4.79 Å². The van der Waals surface area contributed by atoms with Gasteiger partial charge in [-0.1, -0.05) is 0 Å². The second-order valence-electron chi connectivity index (χ2n) is 4.49. The van der Waals surface area contributed by atoms with E-state index in [0.717, 1.165) is 0 Å². The topological polar surface area (TPSA) is 95.7 Å². The summed E-state index contributed by atoms with van der Waals surface area (Å²) in [6.07, 6.45) is -0.0622. The Morgan fingerprint density at radius 3 is 2.31 bits per heavy atom. The lowest BCUT2D eigenvalue weighted by Crippen LogP contribution is -2.51. The summed E-state index contributed by atoms with van der Waals surface area (Å²) in [6.45, 7) is 6.51. The average Bonchev–Trinajstić information content (AvgIpc) is 2.12. The first-order valence-corrected chi connectivity index (χ1v) is 5.26. The summed E-state index contributed by atoms with van der Waals surface area (Å²) in [5, 5.41) is 11.2. The van der Waals surface area contributed by atoms with Crippen LogP contribution >= 0.6 is 0 Å². The van der Waals surface area contributed by atoms with Crippen LogP contribution in [0.1, 0.15) is 27.2 Å². The molecule has 0 saturated carbocycles. The predicted octanol–water partition coefficient (Wildman–Crippen LogP) is 0.230. The van der Waals surface area contributed by atoms with Gasteiger partial charge in [0.15, 0.2) is 0 Å². The van der Waals surface area contributed by atoms with Gasteiger partial charge in [-0.25, -0.2) is 4.79 Å². The molecule has 0 unspecified atom stereocenters. The highest BCUT2D eigenvalue weighted by molar-refractivity contribution is 5.76. The Morgan fingerprint density at radius 2 is 1.94 bits per heavy atom. The molecule has 0 aliphatic rings. The minimum absolute atomic E-state index is 0.0622. The van der Waals surface area contributed by atoms with Gasteiger partial charge in [-0.3, -0.25) is 4.79 Å². The number of carboxylic acid groups (broad SMARTS) is 1. The third-order valence-electron chi connectivity index (χ3n) is 2.02. The smallest absolute Gasteiger partial charge is 0.317 e. The van der Waals surface area contributed by atoms with Crippen molar-refractivity contribution >= 4 is 12.0 Å². The van der Waals surface area contributed by atoms with E-state index in [2.05, 4.69) is 5.32 Å². The van der Waals surface area contributed by atoms with E-state index in [0.29, 0.717) is 13.1 Å². The van der Waals surface area contributed by atoms with Crippen LogP contribution in [-0.4, -0.2) is 47.2 Å². The number of aliphatic carboxylic acids is 1. The van der Waals surface area contributed by atoms with E-state index < -0.39 is 11.5 Å². The molecule has 16 heavy (non-hydrogen) atoms. The number of nitrogens with two attached hydrogens (primary N) is 1. The number of hydrogen-bond donors (Lipinski definition) is 3. The fourth-order valence-electron chi connectivity index (χ4n) is 1.22. The second kappa shape index (κ2) is 6.32. The highest BCUT2D eigenvalue weighted by Gasteiger charge is 2.26. The molecule has 6 heteroatoms. The zero-order valence-electron chi connectivity index (χ0n) is 10.1. The molecule has 0 spiro atoms. The van der Waals surface area contributed by atoms with Gasteiger partial charge in [-0.05, 0) is 20.8 Å². The van der Waals surface area contributed by atoms with Gasteiger partial charge in [0.25, 0.3) is 0 Å². The van der Waals surface area contributed by atoms with Gasteiger partial charge in [0.2, 0.25) is 0 Å². The number of nitrogens with one attached hydrogen (secondary N) is 1. The van der Waals surface area contributed by atoms with Crippen molar-refractivity contribution in [1.29, 1.82) is 0 Å². The molecule has 0 radical (unpaired) electrons. The van der Waals surface area contributed by atoms with Gasteiger partial charge in [0, 0.05) is 25.2 Å². The van der Waals surface area contributed by atoms with E-state index in [-0.39, 0.29) is 19.0 Å². The molecular weight excluding hydrogens is 210 g/mol. The van der Waals surface area contributed by atoms with Crippen LogP contribution in [0.4, 0.5) is 4.79 Å². The Hall–Kier alpha value is -1.30. The van der Waals surface area contributed by atoms with Gasteiger partial charge < -0.3 is 21.1 Å². The third-order valence-corrected chi connectivity index (χ3v) is 2.02. The number of hydrogen-bond acceptors (Lipinski definition) is 3. The van der Waals surface area contributed by atoms with E-state index in [9.17, 15) is 9.59 Å². The molecule has 0 bridgehead atoms. The first kappa shape index (κ1) is 14.7. The molecular formula is C10H21N3O3. The van der Waals surface area contributed by atoms with Crippen molar-refractivity contribution in [3.05, 3.63) is 0 Å².